The Morgan fingerprint density at radius 2 is 1.92 bits per heavy atom. The minimum Gasteiger partial charge on any atom is -0.481 e. The Bertz CT molecular complexity index is 872. The van der Waals surface area contributed by atoms with E-state index < -0.39 is 11.9 Å². The Morgan fingerprint density at radius 3 is 2.58 bits per heavy atom. The summed E-state index contributed by atoms with van der Waals surface area (Å²) < 4.78 is 5.53. The fourth-order valence-electron chi connectivity index (χ4n) is 3.38. The Morgan fingerprint density at radius 1 is 1.15 bits per heavy atom. The van der Waals surface area contributed by atoms with Crippen molar-refractivity contribution in [1.29, 1.82) is 0 Å². The second kappa shape index (κ2) is 6.63. The van der Waals surface area contributed by atoms with Crippen LogP contribution in [0.15, 0.2) is 36.4 Å². The van der Waals surface area contributed by atoms with Gasteiger partial charge in [0, 0.05) is 24.3 Å². The van der Waals surface area contributed by atoms with Crippen LogP contribution in [0.2, 0.25) is 5.02 Å². The summed E-state index contributed by atoms with van der Waals surface area (Å²) in [5.74, 6) is -1.53. The van der Waals surface area contributed by atoms with Gasteiger partial charge in [-0.2, -0.15) is 0 Å². The highest BCUT2D eigenvalue weighted by atomic mass is 35.5. The van der Waals surface area contributed by atoms with Crippen LogP contribution in [0.4, 0.5) is 5.69 Å². The predicted octanol–water partition coefficient (Wildman–Crippen LogP) is 2.79. The number of carbonyl (C=O) groups excluding carboxylic acids is 1. The van der Waals surface area contributed by atoms with Gasteiger partial charge in [0.2, 0.25) is 5.91 Å². The molecular formula is C19H17ClN2O4. The summed E-state index contributed by atoms with van der Waals surface area (Å²) in [5, 5.41) is 15.8. The highest BCUT2D eigenvalue weighted by molar-refractivity contribution is 6.33. The molecule has 2 unspecified atom stereocenters. The molecule has 0 saturated carbocycles. The molecule has 6 nitrogen and oxygen atoms in total. The number of amides is 1. The third-order valence-corrected chi connectivity index (χ3v) is 5.12. The molecule has 2 aromatic rings. The molecule has 0 spiro atoms. The average Bonchev–Trinajstić information content (AvgIpc) is 3.05. The number of halogens is 1. The second-order valence-corrected chi connectivity index (χ2v) is 6.82. The van der Waals surface area contributed by atoms with E-state index in [1.54, 1.807) is 6.07 Å². The van der Waals surface area contributed by atoms with Gasteiger partial charge in [-0.05, 0) is 28.8 Å². The number of carbonyl (C=O) groups is 2. The summed E-state index contributed by atoms with van der Waals surface area (Å²) in [5.41, 5.74) is 4.19. The molecule has 1 fully saturated rings. The van der Waals surface area contributed by atoms with Crippen LogP contribution in [0.5, 0.6) is 0 Å². The lowest BCUT2D eigenvalue weighted by atomic mass is 9.95. The van der Waals surface area contributed by atoms with Crippen molar-refractivity contribution in [1.82, 2.24) is 5.32 Å². The van der Waals surface area contributed by atoms with Crippen LogP contribution >= 0.6 is 11.6 Å². The van der Waals surface area contributed by atoms with Crippen molar-refractivity contribution in [3.63, 3.8) is 0 Å². The third-order valence-electron chi connectivity index (χ3n) is 4.80. The van der Waals surface area contributed by atoms with Gasteiger partial charge in [-0.25, -0.2) is 0 Å². The fraction of sp³-hybridized carbons (Fsp3) is 0.263. The molecule has 4 rings (SSSR count). The number of morpholine rings is 1. The minimum atomic E-state index is -0.851. The zero-order valence-corrected chi connectivity index (χ0v) is 14.5. The lowest BCUT2D eigenvalue weighted by Gasteiger charge is -2.23. The largest absolute Gasteiger partial charge is 0.481 e. The van der Waals surface area contributed by atoms with E-state index in [1.807, 2.05) is 30.3 Å². The summed E-state index contributed by atoms with van der Waals surface area (Å²) in [6, 6.07) is 11.4. The van der Waals surface area contributed by atoms with E-state index in [4.69, 9.17) is 16.3 Å². The first-order valence-electron chi connectivity index (χ1n) is 8.31. The van der Waals surface area contributed by atoms with Crippen LogP contribution in [-0.2, 0) is 14.3 Å². The summed E-state index contributed by atoms with van der Waals surface area (Å²) in [7, 11) is 0. The molecule has 1 saturated heterocycles. The molecular weight excluding hydrogens is 356 g/mol. The van der Waals surface area contributed by atoms with Crippen molar-refractivity contribution in [2.24, 2.45) is 0 Å². The van der Waals surface area contributed by atoms with Crippen molar-refractivity contribution >= 4 is 29.2 Å². The number of nitrogens with one attached hydrogen (secondary N) is 2. The normalized spacial score (nSPS) is 21.7. The maximum absolute atomic E-state index is 11.4. The predicted molar refractivity (Wildman–Crippen MR) is 97.5 cm³/mol. The zero-order valence-electron chi connectivity index (χ0n) is 13.8. The van der Waals surface area contributed by atoms with Crippen LogP contribution in [-0.4, -0.2) is 36.7 Å². The Kier molecular flexibility index (Phi) is 4.30. The smallest absolute Gasteiger partial charge is 0.312 e. The topological polar surface area (TPSA) is 87.7 Å². The lowest BCUT2D eigenvalue weighted by Crippen LogP contribution is -2.38. The van der Waals surface area contributed by atoms with E-state index in [0.29, 0.717) is 18.1 Å². The monoisotopic (exact) mass is 372 g/mol. The molecule has 134 valence electrons. The number of fused-ring (bicyclic) bond motifs is 1. The number of carboxylic acid groups (broad SMARTS) is 1. The first-order valence-corrected chi connectivity index (χ1v) is 8.69. The number of benzene rings is 2. The molecule has 0 aromatic heterocycles. The Hall–Kier alpha value is -2.57. The van der Waals surface area contributed by atoms with Gasteiger partial charge in [-0.15, -0.1) is 0 Å². The van der Waals surface area contributed by atoms with Crippen LogP contribution in [0.1, 0.15) is 23.1 Å². The molecule has 0 aliphatic carbocycles. The van der Waals surface area contributed by atoms with Crippen molar-refractivity contribution in [2.45, 2.75) is 12.0 Å². The molecule has 7 heteroatoms. The molecule has 2 atom stereocenters. The van der Waals surface area contributed by atoms with Crippen LogP contribution in [0, 0.1) is 0 Å². The van der Waals surface area contributed by atoms with Gasteiger partial charge in [0.1, 0.15) is 18.6 Å². The fourth-order valence-corrected chi connectivity index (χ4v) is 3.65. The van der Waals surface area contributed by atoms with Crippen LogP contribution in [0.25, 0.3) is 11.1 Å². The number of hydrogen-bond donors (Lipinski definition) is 3. The maximum atomic E-state index is 11.4. The number of carboxylic acids is 1. The van der Waals surface area contributed by atoms with Gasteiger partial charge in [0.15, 0.2) is 0 Å². The average molecular weight is 373 g/mol. The Balaban J connectivity index is 1.63. The van der Waals surface area contributed by atoms with E-state index in [1.165, 1.54) is 0 Å². The molecule has 2 aromatic carbocycles. The number of aliphatic carboxylic acids is 1. The van der Waals surface area contributed by atoms with Crippen molar-refractivity contribution in [3.05, 3.63) is 52.5 Å². The summed E-state index contributed by atoms with van der Waals surface area (Å²) >= 11 is 6.41. The van der Waals surface area contributed by atoms with Crippen LogP contribution < -0.4 is 10.6 Å². The standard InChI is InChI=1S/C19H17ClN2O4/c20-15-6-16-13(14(7-21-16)19(24)25)5-12(15)10-1-3-11(4-2-10)17-8-22-18(23)9-26-17/h1-6,14,17,21H,7-9H2,(H,22,23)(H,24,25). The van der Waals surface area contributed by atoms with E-state index in [2.05, 4.69) is 10.6 Å². The molecule has 1 amide bonds. The van der Waals surface area contributed by atoms with E-state index in [-0.39, 0.29) is 18.6 Å². The molecule has 0 radical (unpaired) electrons. The third kappa shape index (κ3) is 3.02. The van der Waals surface area contributed by atoms with Gasteiger partial charge in [0.05, 0.1) is 5.02 Å². The number of rotatable bonds is 3. The minimum absolute atomic E-state index is 0.0621. The van der Waals surface area contributed by atoms with Gasteiger partial charge < -0.3 is 20.5 Å². The lowest BCUT2D eigenvalue weighted by molar-refractivity contribution is -0.138. The van der Waals surface area contributed by atoms with Crippen molar-refractivity contribution in [3.8, 4) is 11.1 Å². The summed E-state index contributed by atoms with van der Waals surface area (Å²) in [4.78, 5) is 22.6. The first-order chi connectivity index (χ1) is 12.5. The highest BCUT2D eigenvalue weighted by Crippen LogP contribution is 2.40. The summed E-state index contributed by atoms with van der Waals surface area (Å²) in [6.45, 7) is 0.879. The van der Waals surface area contributed by atoms with Crippen molar-refractivity contribution < 1.29 is 19.4 Å². The Labute approximate surface area is 155 Å². The number of ether oxygens (including phenoxy) is 1. The van der Waals surface area contributed by atoms with E-state index in [0.717, 1.165) is 27.9 Å². The van der Waals surface area contributed by atoms with E-state index in [9.17, 15) is 14.7 Å². The van der Waals surface area contributed by atoms with Gasteiger partial charge in [0.25, 0.3) is 0 Å². The number of hydrogen-bond acceptors (Lipinski definition) is 4. The molecule has 3 N–H and O–H groups in total. The summed E-state index contributed by atoms with van der Waals surface area (Å²) in [6.07, 6.45) is -0.169. The van der Waals surface area contributed by atoms with Gasteiger partial charge in [-0.1, -0.05) is 35.9 Å². The van der Waals surface area contributed by atoms with Crippen LogP contribution in [0.3, 0.4) is 0 Å². The van der Waals surface area contributed by atoms with Gasteiger partial charge >= 0.3 is 5.97 Å². The number of anilines is 1. The molecule has 26 heavy (non-hydrogen) atoms. The molecule has 2 heterocycles. The molecule has 0 bridgehead atoms. The maximum Gasteiger partial charge on any atom is 0.312 e. The molecule has 2 aliphatic heterocycles. The SMILES string of the molecule is O=C1COC(c2ccc(-c3cc4c(cc3Cl)NCC4C(=O)O)cc2)CN1. The highest BCUT2D eigenvalue weighted by Gasteiger charge is 2.29. The van der Waals surface area contributed by atoms with Gasteiger partial charge in [-0.3, -0.25) is 9.59 Å². The van der Waals surface area contributed by atoms with E-state index >= 15 is 0 Å². The zero-order chi connectivity index (χ0) is 18.3. The first kappa shape index (κ1) is 16.9. The second-order valence-electron chi connectivity index (χ2n) is 6.42. The van der Waals surface area contributed by atoms with Crippen molar-refractivity contribution in [2.75, 3.05) is 25.0 Å². The quantitative estimate of drug-likeness (QED) is 0.771. The molecule has 2 aliphatic rings.